The minimum atomic E-state index is -0.0476. The lowest BCUT2D eigenvalue weighted by atomic mass is 9.89. The Bertz CT molecular complexity index is 587. The van der Waals surface area contributed by atoms with Crippen molar-refractivity contribution in [2.24, 2.45) is 7.05 Å². The van der Waals surface area contributed by atoms with Crippen LogP contribution in [0.5, 0.6) is 0 Å². The van der Waals surface area contributed by atoms with Gasteiger partial charge in [-0.15, -0.1) is 0 Å². The third-order valence-electron chi connectivity index (χ3n) is 5.58. The molecule has 0 N–H and O–H groups in total. The summed E-state index contributed by atoms with van der Waals surface area (Å²) in [6.45, 7) is 4.70. The zero-order valence-electron chi connectivity index (χ0n) is 13.9. The minimum absolute atomic E-state index is 0.0476. The number of amides is 1. The van der Waals surface area contributed by atoms with E-state index in [4.69, 9.17) is 4.74 Å². The molecule has 3 aliphatic heterocycles. The highest BCUT2D eigenvalue weighted by Crippen LogP contribution is 2.37. The summed E-state index contributed by atoms with van der Waals surface area (Å²) in [7, 11) is 1.96. The zero-order chi connectivity index (χ0) is 15.9. The fourth-order valence-corrected chi connectivity index (χ4v) is 4.48. The molecule has 126 valence electrons. The Kier molecular flexibility index (Phi) is 3.89. The highest BCUT2D eigenvalue weighted by molar-refractivity contribution is 5.78. The number of hydrogen-bond acceptors (Lipinski definition) is 4. The van der Waals surface area contributed by atoms with E-state index in [9.17, 15) is 4.79 Å². The van der Waals surface area contributed by atoms with Gasteiger partial charge in [-0.2, -0.15) is 5.10 Å². The van der Waals surface area contributed by atoms with Crippen molar-refractivity contribution in [2.45, 2.75) is 50.3 Å². The van der Waals surface area contributed by atoms with Crippen LogP contribution in [0.15, 0.2) is 12.4 Å². The SMILES string of the molecule is Cn1cc(CN2CC[C@@]3(C[C@H](N4CCCC4=O)CCO3)C2)cn1. The van der Waals surface area contributed by atoms with Crippen LogP contribution in [0.3, 0.4) is 0 Å². The van der Waals surface area contributed by atoms with Crippen LogP contribution in [0.25, 0.3) is 0 Å². The normalized spacial score (nSPS) is 32.3. The maximum Gasteiger partial charge on any atom is 0.222 e. The summed E-state index contributed by atoms with van der Waals surface area (Å²) in [6, 6.07) is 0.386. The predicted molar refractivity (Wildman–Crippen MR) is 85.8 cm³/mol. The van der Waals surface area contributed by atoms with Gasteiger partial charge in [-0.25, -0.2) is 0 Å². The molecule has 1 spiro atoms. The quantitative estimate of drug-likeness (QED) is 0.839. The highest BCUT2D eigenvalue weighted by Gasteiger charge is 2.45. The van der Waals surface area contributed by atoms with E-state index in [2.05, 4.69) is 21.1 Å². The van der Waals surface area contributed by atoms with Crippen molar-refractivity contribution in [3.63, 3.8) is 0 Å². The molecule has 1 aromatic heterocycles. The van der Waals surface area contributed by atoms with Crippen LogP contribution in [0.4, 0.5) is 0 Å². The Morgan fingerprint density at radius 3 is 3.09 bits per heavy atom. The van der Waals surface area contributed by atoms with Gasteiger partial charge >= 0.3 is 0 Å². The molecular weight excluding hydrogens is 292 g/mol. The highest BCUT2D eigenvalue weighted by atomic mass is 16.5. The Morgan fingerprint density at radius 1 is 1.43 bits per heavy atom. The van der Waals surface area contributed by atoms with E-state index in [1.807, 2.05) is 17.9 Å². The van der Waals surface area contributed by atoms with Gasteiger partial charge in [0, 0.05) is 64.1 Å². The molecule has 1 amide bonds. The molecule has 0 aromatic carbocycles. The van der Waals surface area contributed by atoms with Gasteiger partial charge in [-0.1, -0.05) is 0 Å². The Balaban J connectivity index is 1.39. The maximum atomic E-state index is 12.1. The molecule has 6 nitrogen and oxygen atoms in total. The van der Waals surface area contributed by atoms with Gasteiger partial charge in [0.25, 0.3) is 0 Å². The molecule has 3 saturated heterocycles. The monoisotopic (exact) mass is 318 g/mol. The average molecular weight is 318 g/mol. The van der Waals surface area contributed by atoms with Crippen LogP contribution < -0.4 is 0 Å². The standard InChI is InChI=1S/C17H26N4O2/c1-19-11-14(10-18-19)12-20-7-5-17(13-20)9-15(4-8-23-17)21-6-2-3-16(21)22/h10-11,15H,2-9,12-13H2,1H3/t15-,17-/m1/s1. The molecule has 0 bridgehead atoms. The zero-order valence-corrected chi connectivity index (χ0v) is 13.9. The van der Waals surface area contributed by atoms with Crippen molar-refractivity contribution in [2.75, 3.05) is 26.2 Å². The fourth-order valence-electron chi connectivity index (χ4n) is 4.48. The van der Waals surface area contributed by atoms with Crippen LogP contribution in [0.1, 0.15) is 37.7 Å². The van der Waals surface area contributed by atoms with Gasteiger partial charge in [0.2, 0.25) is 5.91 Å². The number of aromatic nitrogens is 2. The summed E-state index contributed by atoms with van der Waals surface area (Å²) in [4.78, 5) is 16.6. The summed E-state index contributed by atoms with van der Waals surface area (Å²) < 4.78 is 8.08. The third-order valence-corrected chi connectivity index (χ3v) is 5.58. The summed E-state index contributed by atoms with van der Waals surface area (Å²) in [5, 5.41) is 4.25. The number of carbonyl (C=O) groups is 1. The predicted octanol–water partition coefficient (Wildman–Crippen LogP) is 1.17. The minimum Gasteiger partial charge on any atom is -0.373 e. The summed E-state index contributed by atoms with van der Waals surface area (Å²) in [5.74, 6) is 0.345. The van der Waals surface area contributed by atoms with Crippen LogP contribution in [-0.2, 0) is 23.1 Å². The largest absolute Gasteiger partial charge is 0.373 e. The number of likely N-dealkylation sites (tertiary alicyclic amines) is 2. The second kappa shape index (κ2) is 5.91. The van der Waals surface area contributed by atoms with Gasteiger partial charge in [-0.3, -0.25) is 14.4 Å². The molecule has 0 radical (unpaired) electrons. The van der Waals surface area contributed by atoms with Crippen LogP contribution in [0, 0.1) is 0 Å². The molecular formula is C17H26N4O2. The smallest absolute Gasteiger partial charge is 0.222 e. The molecule has 6 heteroatoms. The van der Waals surface area contributed by atoms with Crippen LogP contribution >= 0.6 is 0 Å². The van der Waals surface area contributed by atoms with E-state index in [-0.39, 0.29) is 5.60 Å². The number of ether oxygens (including phenoxy) is 1. The van der Waals surface area contributed by atoms with Gasteiger partial charge in [-0.05, 0) is 25.7 Å². The average Bonchev–Trinajstić information content (AvgIpc) is 3.22. The number of aryl methyl sites for hydroxylation is 1. The molecule has 0 unspecified atom stereocenters. The molecule has 3 aliphatic rings. The lowest BCUT2D eigenvalue weighted by Crippen LogP contribution is -2.50. The molecule has 1 aromatic rings. The van der Waals surface area contributed by atoms with E-state index < -0.39 is 0 Å². The topological polar surface area (TPSA) is 50.6 Å². The first-order valence-electron chi connectivity index (χ1n) is 8.77. The molecule has 0 saturated carbocycles. The first-order valence-corrected chi connectivity index (χ1v) is 8.77. The first kappa shape index (κ1) is 15.1. The van der Waals surface area contributed by atoms with Gasteiger partial charge < -0.3 is 9.64 Å². The van der Waals surface area contributed by atoms with Crippen molar-refractivity contribution in [1.82, 2.24) is 19.6 Å². The van der Waals surface area contributed by atoms with Crippen molar-refractivity contribution >= 4 is 5.91 Å². The lowest BCUT2D eigenvalue weighted by molar-refractivity contribution is -0.137. The Morgan fingerprint density at radius 2 is 2.35 bits per heavy atom. The molecule has 0 aliphatic carbocycles. The fraction of sp³-hybridized carbons (Fsp3) is 0.765. The van der Waals surface area contributed by atoms with E-state index in [1.165, 1.54) is 5.56 Å². The summed E-state index contributed by atoms with van der Waals surface area (Å²) in [6.07, 6.45) is 8.86. The molecule has 23 heavy (non-hydrogen) atoms. The van der Waals surface area contributed by atoms with Crippen LogP contribution in [-0.4, -0.2) is 63.4 Å². The molecule has 3 fully saturated rings. The van der Waals surface area contributed by atoms with E-state index >= 15 is 0 Å². The first-order chi connectivity index (χ1) is 11.1. The van der Waals surface area contributed by atoms with Crippen LogP contribution in [0.2, 0.25) is 0 Å². The van der Waals surface area contributed by atoms with Crippen molar-refractivity contribution in [1.29, 1.82) is 0 Å². The number of hydrogen-bond donors (Lipinski definition) is 0. The lowest BCUT2D eigenvalue weighted by Gasteiger charge is -2.41. The number of rotatable bonds is 3. The number of nitrogens with zero attached hydrogens (tertiary/aromatic N) is 4. The molecule has 4 rings (SSSR count). The number of carbonyl (C=O) groups excluding carboxylic acids is 1. The summed E-state index contributed by atoms with van der Waals surface area (Å²) >= 11 is 0. The van der Waals surface area contributed by atoms with Crippen molar-refractivity contribution in [3.05, 3.63) is 18.0 Å². The second-order valence-corrected chi connectivity index (χ2v) is 7.35. The Hall–Kier alpha value is -1.40. The van der Waals surface area contributed by atoms with Gasteiger partial charge in [0.1, 0.15) is 0 Å². The molecule has 4 heterocycles. The third kappa shape index (κ3) is 3.02. The van der Waals surface area contributed by atoms with Gasteiger partial charge in [0.05, 0.1) is 11.8 Å². The second-order valence-electron chi connectivity index (χ2n) is 7.35. The van der Waals surface area contributed by atoms with Gasteiger partial charge in [0.15, 0.2) is 0 Å². The maximum absolute atomic E-state index is 12.1. The Labute approximate surface area is 137 Å². The van der Waals surface area contributed by atoms with E-state index in [0.29, 0.717) is 11.9 Å². The molecule has 2 atom stereocenters. The van der Waals surface area contributed by atoms with E-state index in [1.54, 1.807) is 0 Å². The summed E-state index contributed by atoms with van der Waals surface area (Å²) in [5.41, 5.74) is 1.21. The van der Waals surface area contributed by atoms with E-state index in [0.717, 1.165) is 64.9 Å². The van der Waals surface area contributed by atoms with Crippen molar-refractivity contribution < 1.29 is 9.53 Å². The van der Waals surface area contributed by atoms with Crippen molar-refractivity contribution in [3.8, 4) is 0 Å².